The Morgan fingerprint density at radius 1 is 1.03 bits per heavy atom. The molecule has 11 nitrogen and oxygen atoms in total. The summed E-state index contributed by atoms with van der Waals surface area (Å²) in [5, 5.41) is 24.9. The first-order chi connectivity index (χ1) is 15.8. The number of benzene rings is 1. The highest BCUT2D eigenvalue weighted by molar-refractivity contribution is 7.99. The molecular formula is C22H32N4O7S. The zero-order valence-electron chi connectivity index (χ0n) is 19.4. The molecule has 34 heavy (non-hydrogen) atoms. The summed E-state index contributed by atoms with van der Waals surface area (Å²) in [5.74, 6) is -3.92. The van der Waals surface area contributed by atoms with Gasteiger partial charge in [-0.1, -0.05) is 32.9 Å². The van der Waals surface area contributed by atoms with E-state index in [1.165, 1.54) is 0 Å². The number of amides is 3. The van der Waals surface area contributed by atoms with Crippen LogP contribution in [-0.2, 0) is 24.6 Å². The van der Waals surface area contributed by atoms with Crippen LogP contribution in [0.3, 0.4) is 0 Å². The van der Waals surface area contributed by atoms with Crippen molar-refractivity contribution in [3.8, 4) is 0 Å². The maximum atomic E-state index is 12.3. The number of carbonyl (C=O) groups is 5. The molecule has 0 aliphatic rings. The molecule has 2 atom stereocenters. The van der Waals surface area contributed by atoms with Gasteiger partial charge in [0.15, 0.2) is 0 Å². The fourth-order valence-corrected chi connectivity index (χ4v) is 3.48. The molecule has 0 radical (unpaired) electrons. The minimum absolute atomic E-state index is 0.0375. The number of hydrogen-bond donors (Lipinski definition) is 6. The van der Waals surface area contributed by atoms with Crippen molar-refractivity contribution in [1.82, 2.24) is 16.0 Å². The molecule has 7 N–H and O–H groups in total. The van der Waals surface area contributed by atoms with E-state index >= 15 is 0 Å². The SMILES string of the molecule is CC(C)(C)c1ccc(C(=O)NCSC[C@H](NC(=O)CC[C@@H](N)C(=O)O)C(=O)NCC(=O)O)cc1. The van der Waals surface area contributed by atoms with Crippen molar-refractivity contribution >= 4 is 41.4 Å². The van der Waals surface area contributed by atoms with Crippen molar-refractivity contribution < 1.29 is 34.2 Å². The zero-order valence-corrected chi connectivity index (χ0v) is 20.2. The van der Waals surface area contributed by atoms with Gasteiger partial charge in [-0.3, -0.25) is 24.0 Å². The van der Waals surface area contributed by atoms with Crippen LogP contribution in [-0.4, -0.2) is 70.1 Å². The van der Waals surface area contributed by atoms with Crippen LogP contribution in [0.2, 0.25) is 0 Å². The molecule has 3 amide bonds. The van der Waals surface area contributed by atoms with Crippen LogP contribution in [0.4, 0.5) is 0 Å². The van der Waals surface area contributed by atoms with Gasteiger partial charge in [0.25, 0.3) is 5.91 Å². The van der Waals surface area contributed by atoms with Crippen LogP contribution in [0, 0.1) is 0 Å². The lowest BCUT2D eigenvalue weighted by molar-refractivity contribution is -0.139. The summed E-state index contributed by atoms with van der Waals surface area (Å²) in [5.41, 5.74) is 6.90. The molecule has 0 saturated carbocycles. The van der Waals surface area contributed by atoms with Crippen molar-refractivity contribution in [2.75, 3.05) is 18.2 Å². The van der Waals surface area contributed by atoms with Gasteiger partial charge in [-0.05, 0) is 29.5 Å². The van der Waals surface area contributed by atoms with Crippen molar-refractivity contribution in [3.05, 3.63) is 35.4 Å². The lowest BCUT2D eigenvalue weighted by atomic mass is 9.87. The minimum Gasteiger partial charge on any atom is -0.480 e. The number of nitrogens with two attached hydrogens (primary N) is 1. The van der Waals surface area contributed by atoms with Crippen LogP contribution >= 0.6 is 11.8 Å². The van der Waals surface area contributed by atoms with Crippen LogP contribution in [0.1, 0.15) is 49.5 Å². The van der Waals surface area contributed by atoms with Crippen LogP contribution in [0.25, 0.3) is 0 Å². The van der Waals surface area contributed by atoms with Crippen molar-refractivity contribution in [2.45, 2.75) is 51.1 Å². The number of carboxylic acids is 2. The van der Waals surface area contributed by atoms with E-state index < -0.39 is 42.4 Å². The molecule has 1 aromatic carbocycles. The third kappa shape index (κ3) is 10.7. The number of hydrogen-bond acceptors (Lipinski definition) is 7. The van der Waals surface area contributed by atoms with Gasteiger partial charge in [-0.25, -0.2) is 0 Å². The maximum Gasteiger partial charge on any atom is 0.322 e. The van der Waals surface area contributed by atoms with Crippen molar-refractivity contribution in [2.24, 2.45) is 5.73 Å². The summed E-state index contributed by atoms with van der Waals surface area (Å²) in [6.07, 6.45) is -0.343. The number of carbonyl (C=O) groups excluding carboxylic acids is 3. The van der Waals surface area contributed by atoms with Gasteiger partial charge < -0.3 is 31.9 Å². The van der Waals surface area contributed by atoms with Crippen LogP contribution in [0.15, 0.2) is 24.3 Å². The molecule has 12 heteroatoms. The van der Waals surface area contributed by atoms with Gasteiger partial charge in [-0.15, -0.1) is 11.8 Å². The van der Waals surface area contributed by atoms with Gasteiger partial charge in [0.1, 0.15) is 18.6 Å². The molecule has 0 aromatic heterocycles. The van der Waals surface area contributed by atoms with E-state index in [2.05, 4.69) is 36.7 Å². The second kappa shape index (κ2) is 13.6. The highest BCUT2D eigenvalue weighted by atomic mass is 32.2. The Hall–Kier alpha value is -3.12. The monoisotopic (exact) mass is 496 g/mol. The normalized spacial score (nSPS) is 12.8. The molecular weight excluding hydrogens is 464 g/mol. The number of nitrogens with one attached hydrogen (secondary N) is 3. The minimum atomic E-state index is -1.25. The molecule has 0 heterocycles. The Labute approximate surface area is 202 Å². The second-order valence-electron chi connectivity index (χ2n) is 8.56. The Bertz CT molecular complexity index is 884. The van der Waals surface area contributed by atoms with Gasteiger partial charge >= 0.3 is 11.9 Å². The molecule has 188 valence electrons. The number of rotatable bonds is 13. The van der Waals surface area contributed by atoms with Gasteiger partial charge in [0, 0.05) is 17.7 Å². The lowest BCUT2D eigenvalue weighted by Gasteiger charge is -2.19. The summed E-state index contributed by atoms with van der Waals surface area (Å²) in [7, 11) is 0. The second-order valence-corrected chi connectivity index (χ2v) is 9.59. The third-order valence-electron chi connectivity index (χ3n) is 4.70. The summed E-state index contributed by atoms with van der Waals surface area (Å²) in [4.78, 5) is 58.2. The van der Waals surface area contributed by atoms with E-state index in [1.54, 1.807) is 12.1 Å². The number of thioether (sulfide) groups is 1. The average molecular weight is 497 g/mol. The number of aliphatic carboxylic acids is 2. The molecule has 0 aliphatic heterocycles. The Balaban J connectivity index is 2.61. The van der Waals surface area contributed by atoms with E-state index in [9.17, 15) is 24.0 Å². The molecule has 0 saturated heterocycles. The largest absolute Gasteiger partial charge is 0.480 e. The molecule has 0 aliphatic carbocycles. The summed E-state index contributed by atoms with van der Waals surface area (Å²) >= 11 is 1.15. The molecule has 0 spiro atoms. The average Bonchev–Trinajstić information content (AvgIpc) is 2.76. The van der Waals surface area contributed by atoms with E-state index in [4.69, 9.17) is 15.9 Å². The molecule has 1 aromatic rings. The van der Waals surface area contributed by atoms with Gasteiger partial charge in [0.05, 0.1) is 5.88 Å². The quantitative estimate of drug-likeness (QED) is 0.165. The molecule has 0 bridgehead atoms. The third-order valence-corrected chi connectivity index (χ3v) is 5.62. The Kier molecular flexibility index (Phi) is 11.5. The Morgan fingerprint density at radius 3 is 2.18 bits per heavy atom. The summed E-state index contributed by atoms with van der Waals surface area (Å²) < 4.78 is 0. The van der Waals surface area contributed by atoms with E-state index in [1.807, 2.05) is 12.1 Å². The first-order valence-electron chi connectivity index (χ1n) is 10.5. The highest BCUT2D eigenvalue weighted by Gasteiger charge is 2.22. The zero-order chi connectivity index (χ0) is 25.9. The predicted octanol–water partition coefficient (Wildman–Crippen LogP) is 0.282. The summed E-state index contributed by atoms with van der Waals surface area (Å²) in [6.45, 7) is 5.59. The van der Waals surface area contributed by atoms with E-state index in [0.717, 1.165) is 17.3 Å². The standard InChI is InChI=1S/C22H32N4O7S/c1-22(2,3)14-6-4-13(5-7-14)19(30)25-12-34-11-16(20(31)24-10-18(28)29)26-17(27)9-8-15(23)21(32)33/h4-7,15-16H,8-12,23H2,1-3H3,(H,24,31)(H,25,30)(H,26,27)(H,28,29)(H,32,33)/t15-,16+/m1/s1. The molecule has 0 unspecified atom stereocenters. The van der Waals surface area contributed by atoms with Crippen LogP contribution < -0.4 is 21.7 Å². The van der Waals surface area contributed by atoms with Crippen LogP contribution in [0.5, 0.6) is 0 Å². The van der Waals surface area contributed by atoms with Gasteiger partial charge in [0.2, 0.25) is 11.8 Å². The predicted molar refractivity (Wildman–Crippen MR) is 127 cm³/mol. The van der Waals surface area contributed by atoms with E-state index in [0.29, 0.717) is 5.56 Å². The fraction of sp³-hybridized carbons (Fsp3) is 0.500. The molecule has 1 rings (SSSR count). The first-order valence-corrected chi connectivity index (χ1v) is 11.7. The topological polar surface area (TPSA) is 188 Å². The first kappa shape index (κ1) is 28.9. The number of carboxylic acid groups (broad SMARTS) is 2. The molecule has 0 fully saturated rings. The van der Waals surface area contributed by atoms with E-state index in [-0.39, 0.29) is 35.8 Å². The highest BCUT2D eigenvalue weighted by Crippen LogP contribution is 2.22. The van der Waals surface area contributed by atoms with Crippen molar-refractivity contribution in [3.63, 3.8) is 0 Å². The fourth-order valence-electron chi connectivity index (χ4n) is 2.66. The maximum absolute atomic E-state index is 12.3. The van der Waals surface area contributed by atoms with Crippen molar-refractivity contribution in [1.29, 1.82) is 0 Å². The summed E-state index contributed by atoms with van der Waals surface area (Å²) in [6, 6.07) is 4.93. The Morgan fingerprint density at radius 2 is 1.65 bits per heavy atom. The lowest BCUT2D eigenvalue weighted by Crippen LogP contribution is -2.49. The van der Waals surface area contributed by atoms with Gasteiger partial charge in [-0.2, -0.15) is 0 Å². The smallest absolute Gasteiger partial charge is 0.322 e.